The van der Waals surface area contributed by atoms with E-state index < -0.39 is 0 Å². The summed E-state index contributed by atoms with van der Waals surface area (Å²) < 4.78 is 5.11. The first-order chi connectivity index (χ1) is 8.70. The van der Waals surface area contributed by atoms with E-state index in [2.05, 4.69) is 4.99 Å². The SMILES string of the molecule is Cl.N=C(N=C(N)N)N1CCOCC1.c1ccccc1. The number of hydrogen-bond donors (Lipinski definition) is 3. The van der Waals surface area contributed by atoms with Crippen molar-refractivity contribution in [3.8, 4) is 0 Å². The van der Waals surface area contributed by atoms with Gasteiger partial charge in [-0.2, -0.15) is 4.99 Å². The Morgan fingerprint density at radius 3 is 1.79 bits per heavy atom. The van der Waals surface area contributed by atoms with Crippen molar-refractivity contribution in [2.45, 2.75) is 0 Å². The van der Waals surface area contributed by atoms with Crippen molar-refractivity contribution < 1.29 is 4.74 Å². The molecule has 0 atom stereocenters. The molecule has 7 heteroatoms. The molecule has 1 aliphatic heterocycles. The number of aliphatic imine (C=N–C) groups is 1. The second-order valence-electron chi connectivity index (χ2n) is 3.61. The normalized spacial score (nSPS) is 13.4. The molecule has 2 rings (SSSR count). The molecule has 19 heavy (non-hydrogen) atoms. The number of morpholine rings is 1. The van der Waals surface area contributed by atoms with Gasteiger partial charge >= 0.3 is 0 Å². The van der Waals surface area contributed by atoms with E-state index in [0.29, 0.717) is 26.3 Å². The maximum Gasteiger partial charge on any atom is 0.221 e. The fraction of sp³-hybridized carbons (Fsp3) is 0.333. The lowest BCUT2D eigenvalue weighted by Gasteiger charge is -2.26. The third-order valence-corrected chi connectivity index (χ3v) is 2.21. The molecule has 6 nitrogen and oxygen atoms in total. The van der Waals surface area contributed by atoms with Crippen LogP contribution in [-0.2, 0) is 4.74 Å². The van der Waals surface area contributed by atoms with Gasteiger partial charge in [0.15, 0.2) is 5.96 Å². The summed E-state index contributed by atoms with van der Waals surface area (Å²) in [5.74, 6) is 0.0322. The molecule has 0 amide bonds. The van der Waals surface area contributed by atoms with E-state index in [1.807, 2.05) is 36.4 Å². The van der Waals surface area contributed by atoms with Crippen molar-refractivity contribution >= 4 is 24.3 Å². The van der Waals surface area contributed by atoms with Gasteiger partial charge in [-0.05, 0) is 0 Å². The van der Waals surface area contributed by atoms with Gasteiger partial charge in [-0.3, -0.25) is 5.41 Å². The first-order valence-corrected chi connectivity index (χ1v) is 5.71. The summed E-state index contributed by atoms with van der Waals surface area (Å²) in [6.07, 6.45) is 0. The molecule has 106 valence electrons. The minimum atomic E-state index is -0.0773. The number of guanidine groups is 2. The molecule has 1 aromatic carbocycles. The predicted molar refractivity (Wildman–Crippen MR) is 79.6 cm³/mol. The van der Waals surface area contributed by atoms with Crippen LogP contribution < -0.4 is 11.5 Å². The summed E-state index contributed by atoms with van der Waals surface area (Å²) in [5.41, 5.74) is 10.3. The highest BCUT2D eigenvalue weighted by Crippen LogP contribution is 1.97. The van der Waals surface area contributed by atoms with Gasteiger partial charge in [0.2, 0.25) is 5.96 Å². The molecule has 1 fully saturated rings. The van der Waals surface area contributed by atoms with Gasteiger partial charge in [-0.1, -0.05) is 36.4 Å². The van der Waals surface area contributed by atoms with Crippen LogP contribution >= 0.6 is 12.4 Å². The minimum absolute atomic E-state index is 0. The Morgan fingerprint density at radius 1 is 1.00 bits per heavy atom. The average molecular weight is 286 g/mol. The van der Waals surface area contributed by atoms with Crippen LogP contribution in [-0.4, -0.2) is 43.1 Å². The fourth-order valence-electron chi connectivity index (χ4n) is 1.35. The molecule has 0 unspecified atom stereocenters. The van der Waals surface area contributed by atoms with Gasteiger partial charge in [0.25, 0.3) is 0 Å². The predicted octanol–water partition coefficient (Wildman–Crippen LogP) is 0.635. The van der Waals surface area contributed by atoms with E-state index in [1.165, 1.54) is 0 Å². The van der Waals surface area contributed by atoms with Crippen molar-refractivity contribution in [1.82, 2.24) is 4.90 Å². The number of rotatable bonds is 0. The summed E-state index contributed by atoms with van der Waals surface area (Å²) in [5, 5.41) is 7.44. The second-order valence-corrected chi connectivity index (χ2v) is 3.61. The van der Waals surface area contributed by atoms with E-state index in [1.54, 1.807) is 4.90 Å². The van der Waals surface area contributed by atoms with Crippen LogP contribution in [0.1, 0.15) is 0 Å². The van der Waals surface area contributed by atoms with Crippen molar-refractivity contribution in [3.63, 3.8) is 0 Å². The Labute approximate surface area is 119 Å². The molecule has 5 N–H and O–H groups in total. The van der Waals surface area contributed by atoms with E-state index in [0.717, 1.165) is 0 Å². The molecule has 1 aliphatic rings. The Kier molecular flexibility index (Phi) is 9.20. The number of benzene rings is 1. The average Bonchev–Trinajstić information content (AvgIpc) is 2.42. The zero-order valence-corrected chi connectivity index (χ0v) is 11.5. The van der Waals surface area contributed by atoms with E-state index in [4.69, 9.17) is 21.6 Å². The summed E-state index contributed by atoms with van der Waals surface area (Å²) in [4.78, 5) is 5.39. The van der Waals surface area contributed by atoms with Gasteiger partial charge in [-0.25, -0.2) is 0 Å². The van der Waals surface area contributed by atoms with Crippen LogP contribution in [0.3, 0.4) is 0 Å². The van der Waals surface area contributed by atoms with Gasteiger partial charge < -0.3 is 21.1 Å². The lowest BCUT2D eigenvalue weighted by atomic mass is 10.4. The minimum Gasteiger partial charge on any atom is -0.378 e. The molecule has 1 aromatic rings. The molecule has 1 saturated heterocycles. The molecular formula is C12H20ClN5O. The summed E-state index contributed by atoms with van der Waals surface area (Å²) >= 11 is 0. The molecular weight excluding hydrogens is 266 g/mol. The van der Waals surface area contributed by atoms with E-state index in [9.17, 15) is 0 Å². The first kappa shape index (κ1) is 17.2. The molecule has 0 radical (unpaired) electrons. The molecule has 0 saturated carbocycles. The zero-order chi connectivity index (χ0) is 13.2. The topological polar surface area (TPSA) is 101 Å². The van der Waals surface area contributed by atoms with Crippen molar-refractivity contribution in [2.75, 3.05) is 26.3 Å². The third kappa shape index (κ3) is 8.01. The largest absolute Gasteiger partial charge is 0.378 e. The smallest absolute Gasteiger partial charge is 0.221 e. The lowest BCUT2D eigenvalue weighted by molar-refractivity contribution is 0.0672. The second kappa shape index (κ2) is 10.2. The van der Waals surface area contributed by atoms with Crippen LogP contribution in [0.15, 0.2) is 41.4 Å². The molecule has 0 bridgehead atoms. The highest BCUT2D eigenvalue weighted by atomic mass is 35.5. The quantitative estimate of drug-likeness (QED) is 0.481. The van der Waals surface area contributed by atoms with Crippen molar-refractivity contribution in [3.05, 3.63) is 36.4 Å². The van der Waals surface area contributed by atoms with E-state index >= 15 is 0 Å². The molecule has 0 spiro atoms. The summed E-state index contributed by atoms with van der Waals surface area (Å²) in [6, 6.07) is 12.0. The van der Waals surface area contributed by atoms with Crippen LogP contribution in [0, 0.1) is 5.41 Å². The van der Waals surface area contributed by atoms with Crippen LogP contribution in [0.5, 0.6) is 0 Å². The van der Waals surface area contributed by atoms with Crippen molar-refractivity contribution in [2.24, 2.45) is 16.5 Å². The number of nitrogens with one attached hydrogen (secondary N) is 1. The van der Waals surface area contributed by atoms with Crippen LogP contribution in [0.4, 0.5) is 0 Å². The summed E-state index contributed by atoms with van der Waals surface area (Å²) in [7, 11) is 0. The Balaban J connectivity index is 0.000000392. The van der Waals surface area contributed by atoms with E-state index in [-0.39, 0.29) is 24.3 Å². The number of halogens is 1. The van der Waals surface area contributed by atoms with Crippen molar-refractivity contribution in [1.29, 1.82) is 5.41 Å². The standard InChI is InChI=1S/C6H13N5O.C6H6.ClH/c7-5(8)10-6(9)11-1-3-12-4-2-11;1-2-4-6-5-3-1;/h1-4H2,(H5,7,8,9,10);1-6H;1H. The lowest BCUT2D eigenvalue weighted by Crippen LogP contribution is -2.41. The Hall–Kier alpha value is -1.79. The third-order valence-electron chi connectivity index (χ3n) is 2.21. The van der Waals surface area contributed by atoms with Crippen LogP contribution in [0.25, 0.3) is 0 Å². The maximum atomic E-state index is 7.44. The monoisotopic (exact) mass is 285 g/mol. The van der Waals surface area contributed by atoms with Crippen LogP contribution in [0.2, 0.25) is 0 Å². The fourth-order valence-corrected chi connectivity index (χ4v) is 1.35. The highest BCUT2D eigenvalue weighted by molar-refractivity contribution is 5.91. The maximum absolute atomic E-state index is 7.44. The molecule has 0 aliphatic carbocycles. The van der Waals surface area contributed by atoms with Gasteiger partial charge in [0.05, 0.1) is 13.2 Å². The Bertz CT molecular complexity index is 348. The summed E-state index contributed by atoms with van der Waals surface area (Å²) in [6.45, 7) is 2.61. The highest BCUT2D eigenvalue weighted by Gasteiger charge is 2.12. The zero-order valence-electron chi connectivity index (χ0n) is 10.7. The van der Waals surface area contributed by atoms with Gasteiger partial charge in [0.1, 0.15) is 0 Å². The first-order valence-electron chi connectivity index (χ1n) is 5.71. The van der Waals surface area contributed by atoms with Gasteiger partial charge in [-0.15, -0.1) is 12.4 Å². The Morgan fingerprint density at radius 2 is 1.42 bits per heavy atom. The number of ether oxygens (including phenoxy) is 1. The number of hydrogen-bond acceptors (Lipinski definition) is 2. The molecule has 1 heterocycles. The number of nitrogens with two attached hydrogens (primary N) is 2. The van der Waals surface area contributed by atoms with Gasteiger partial charge in [0, 0.05) is 13.1 Å². The number of nitrogens with zero attached hydrogens (tertiary/aromatic N) is 2. The molecule has 0 aromatic heterocycles.